The molecule has 0 aromatic heterocycles. The van der Waals surface area contributed by atoms with Gasteiger partial charge in [0.2, 0.25) is 0 Å². The third-order valence-corrected chi connectivity index (χ3v) is 2.98. The molecule has 1 N–H and O–H groups in total. The number of carbonyl (C=O) groups excluding carboxylic acids is 1. The van der Waals surface area contributed by atoms with Gasteiger partial charge in [-0.05, 0) is 19.1 Å². The summed E-state index contributed by atoms with van der Waals surface area (Å²) < 4.78 is 9.86. The Morgan fingerprint density at radius 2 is 2.17 bits per heavy atom. The molecule has 0 saturated carbocycles. The topological polar surface area (TPSA) is 47.6 Å². The molecule has 18 heavy (non-hydrogen) atoms. The van der Waals surface area contributed by atoms with E-state index < -0.39 is 0 Å². The number of hydrogen-bond donors (Lipinski definition) is 1. The zero-order chi connectivity index (χ0) is 13.5. The first-order valence-corrected chi connectivity index (χ1v) is 6.07. The van der Waals surface area contributed by atoms with E-state index in [0.717, 1.165) is 11.3 Å². The lowest BCUT2D eigenvalue weighted by atomic mass is 10.1. The molecule has 0 spiro atoms. The van der Waals surface area contributed by atoms with E-state index in [1.807, 2.05) is 25.1 Å². The number of rotatable bonds is 6. The second kappa shape index (κ2) is 7.24. The van der Waals surface area contributed by atoms with Gasteiger partial charge in [0, 0.05) is 23.2 Å². The number of hydrogen-bond acceptors (Lipinski definition) is 4. The third kappa shape index (κ3) is 4.20. The van der Waals surface area contributed by atoms with E-state index in [1.54, 1.807) is 7.11 Å². The first-order chi connectivity index (χ1) is 8.58. The fraction of sp³-hybridized carbons (Fsp3) is 0.462. The maximum atomic E-state index is 11.1. The highest BCUT2D eigenvalue weighted by Gasteiger charge is 2.11. The number of carbonyl (C=O) groups is 1. The molecule has 0 fully saturated rings. The Balaban J connectivity index is 2.60. The molecular weight excluding hydrogens is 254 g/mol. The minimum absolute atomic E-state index is 0.0124. The van der Waals surface area contributed by atoms with Crippen molar-refractivity contribution in [2.75, 3.05) is 14.2 Å². The van der Waals surface area contributed by atoms with Crippen molar-refractivity contribution in [1.29, 1.82) is 0 Å². The molecular formula is C13H18ClNO3. The van der Waals surface area contributed by atoms with Gasteiger partial charge in [-0.1, -0.05) is 17.7 Å². The summed E-state index contributed by atoms with van der Waals surface area (Å²) in [7, 11) is 2.99. The quantitative estimate of drug-likeness (QED) is 0.807. The standard InChI is InChI=1S/C13H18ClNO3/c1-9(7-13(16)18-3)15-8-10-11(14)5-4-6-12(10)17-2/h4-6,9,15H,7-8H2,1-3H3. The van der Waals surface area contributed by atoms with Crippen LogP contribution in [0.15, 0.2) is 18.2 Å². The second-order valence-electron chi connectivity index (χ2n) is 3.98. The minimum Gasteiger partial charge on any atom is -0.496 e. The molecule has 0 aliphatic rings. The maximum absolute atomic E-state index is 11.1. The smallest absolute Gasteiger partial charge is 0.307 e. The van der Waals surface area contributed by atoms with Crippen molar-refractivity contribution in [2.45, 2.75) is 25.9 Å². The largest absolute Gasteiger partial charge is 0.496 e. The number of halogens is 1. The molecule has 5 heteroatoms. The molecule has 1 rings (SSSR count). The number of nitrogens with one attached hydrogen (secondary N) is 1. The van der Waals surface area contributed by atoms with Crippen LogP contribution in [0.4, 0.5) is 0 Å². The summed E-state index contributed by atoms with van der Waals surface area (Å²) in [5, 5.41) is 3.86. The van der Waals surface area contributed by atoms with Gasteiger partial charge in [-0.15, -0.1) is 0 Å². The number of esters is 1. The highest BCUT2D eigenvalue weighted by Crippen LogP contribution is 2.26. The van der Waals surface area contributed by atoms with Gasteiger partial charge >= 0.3 is 5.97 Å². The van der Waals surface area contributed by atoms with Gasteiger partial charge in [0.05, 0.1) is 20.6 Å². The van der Waals surface area contributed by atoms with Crippen molar-refractivity contribution in [3.05, 3.63) is 28.8 Å². The van der Waals surface area contributed by atoms with E-state index in [0.29, 0.717) is 18.0 Å². The number of methoxy groups -OCH3 is 2. The molecule has 0 heterocycles. The predicted octanol–water partition coefficient (Wildman–Crippen LogP) is 2.39. The van der Waals surface area contributed by atoms with Gasteiger partial charge < -0.3 is 14.8 Å². The number of benzene rings is 1. The Bertz CT molecular complexity index is 409. The fourth-order valence-electron chi connectivity index (χ4n) is 1.58. The Morgan fingerprint density at radius 3 is 2.78 bits per heavy atom. The third-order valence-electron chi connectivity index (χ3n) is 2.62. The lowest BCUT2D eigenvalue weighted by molar-refractivity contribution is -0.141. The molecule has 1 aromatic carbocycles. The van der Waals surface area contributed by atoms with Crippen molar-refractivity contribution >= 4 is 17.6 Å². The molecule has 1 unspecified atom stereocenters. The van der Waals surface area contributed by atoms with E-state index in [-0.39, 0.29) is 12.0 Å². The lowest BCUT2D eigenvalue weighted by Gasteiger charge is -2.15. The highest BCUT2D eigenvalue weighted by atomic mass is 35.5. The molecule has 0 amide bonds. The van der Waals surface area contributed by atoms with Crippen LogP contribution >= 0.6 is 11.6 Å². The zero-order valence-electron chi connectivity index (χ0n) is 10.8. The van der Waals surface area contributed by atoms with Gasteiger partial charge in [-0.2, -0.15) is 0 Å². The minimum atomic E-state index is -0.235. The lowest BCUT2D eigenvalue weighted by Crippen LogP contribution is -2.28. The average molecular weight is 272 g/mol. The normalized spacial score (nSPS) is 12.0. The molecule has 0 aliphatic heterocycles. The first kappa shape index (κ1) is 14.8. The average Bonchev–Trinajstić information content (AvgIpc) is 2.36. The van der Waals surface area contributed by atoms with Crippen molar-refractivity contribution in [3.63, 3.8) is 0 Å². The van der Waals surface area contributed by atoms with Crippen LogP contribution in [0, 0.1) is 0 Å². The molecule has 4 nitrogen and oxygen atoms in total. The summed E-state index contributed by atoms with van der Waals surface area (Å²) in [5.74, 6) is 0.501. The Labute approximate surface area is 112 Å². The van der Waals surface area contributed by atoms with E-state index >= 15 is 0 Å². The molecule has 1 aromatic rings. The van der Waals surface area contributed by atoms with Crippen LogP contribution in [0.2, 0.25) is 5.02 Å². The molecule has 0 bridgehead atoms. The maximum Gasteiger partial charge on any atom is 0.307 e. The summed E-state index contributed by atoms with van der Waals surface area (Å²) in [6.07, 6.45) is 0.323. The van der Waals surface area contributed by atoms with E-state index in [1.165, 1.54) is 7.11 Å². The zero-order valence-corrected chi connectivity index (χ0v) is 11.6. The Hall–Kier alpha value is -1.26. The summed E-state index contributed by atoms with van der Waals surface area (Å²) >= 11 is 6.11. The fourth-order valence-corrected chi connectivity index (χ4v) is 1.82. The number of ether oxygens (including phenoxy) is 2. The van der Waals surface area contributed by atoms with Gasteiger partial charge in [0.15, 0.2) is 0 Å². The van der Waals surface area contributed by atoms with E-state index in [4.69, 9.17) is 16.3 Å². The highest BCUT2D eigenvalue weighted by molar-refractivity contribution is 6.31. The summed E-state index contributed by atoms with van der Waals surface area (Å²) in [6, 6.07) is 5.51. The molecule has 1 atom stereocenters. The summed E-state index contributed by atoms with van der Waals surface area (Å²) in [6.45, 7) is 2.46. The Morgan fingerprint density at radius 1 is 1.44 bits per heavy atom. The van der Waals surface area contributed by atoms with Crippen molar-refractivity contribution in [1.82, 2.24) is 5.32 Å². The van der Waals surface area contributed by atoms with Crippen LogP contribution in [0.5, 0.6) is 5.75 Å². The van der Waals surface area contributed by atoms with Gasteiger partial charge in [-0.3, -0.25) is 4.79 Å². The first-order valence-electron chi connectivity index (χ1n) is 5.70. The molecule has 0 saturated heterocycles. The molecule has 0 aliphatic carbocycles. The monoisotopic (exact) mass is 271 g/mol. The van der Waals surface area contributed by atoms with E-state index in [9.17, 15) is 4.79 Å². The van der Waals surface area contributed by atoms with E-state index in [2.05, 4.69) is 10.1 Å². The van der Waals surface area contributed by atoms with Crippen LogP contribution < -0.4 is 10.1 Å². The van der Waals surface area contributed by atoms with Crippen molar-refractivity contribution < 1.29 is 14.3 Å². The van der Waals surface area contributed by atoms with Crippen LogP contribution in [0.1, 0.15) is 18.9 Å². The Kier molecular flexibility index (Phi) is 5.95. The van der Waals surface area contributed by atoms with Gasteiger partial charge in [0.25, 0.3) is 0 Å². The van der Waals surface area contributed by atoms with Crippen LogP contribution in [-0.2, 0) is 16.1 Å². The summed E-state index contributed by atoms with van der Waals surface area (Å²) in [5.41, 5.74) is 0.887. The molecule has 100 valence electrons. The van der Waals surface area contributed by atoms with Crippen LogP contribution in [-0.4, -0.2) is 26.2 Å². The second-order valence-corrected chi connectivity index (χ2v) is 4.39. The van der Waals surface area contributed by atoms with Gasteiger partial charge in [-0.25, -0.2) is 0 Å². The molecule has 0 radical (unpaired) electrons. The summed E-state index contributed by atoms with van der Waals surface area (Å²) in [4.78, 5) is 11.1. The van der Waals surface area contributed by atoms with Crippen LogP contribution in [0.25, 0.3) is 0 Å². The van der Waals surface area contributed by atoms with Gasteiger partial charge in [0.1, 0.15) is 5.75 Å². The predicted molar refractivity (Wildman–Crippen MR) is 70.9 cm³/mol. The van der Waals surface area contributed by atoms with Crippen molar-refractivity contribution in [3.8, 4) is 5.75 Å². The van der Waals surface area contributed by atoms with Crippen molar-refractivity contribution in [2.24, 2.45) is 0 Å². The van der Waals surface area contributed by atoms with Crippen LogP contribution in [0.3, 0.4) is 0 Å². The SMILES string of the molecule is COC(=O)CC(C)NCc1c(Cl)cccc1OC.